The highest BCUT2D eigenvalue weighted by molar-refractivity contribution is 7.98. The van der Waals surface area contributed by atoms with Crippen LogP contribution in [0.1, 0.15) is 27.0 Å². The quantitative estimate of drug-likeness (QED) is 0.383. The van der Waals surface area contributed by atoms with Gasteiger partial charge in [-0.3, -0.25) is 4.79 Å². The summed E-state index contributed by atoms with van der Waals surface area (Å²) in [4.78, 5) is 13.8. The first kappa shape index (κ1) is 19.3. The second kappa shape index (κ2) is 8.97. The highest BCUT2D eigenvalue weighted by Gasteiger charge is 2.07. The van der Waals surface area contributed by atoms with Crippen molar-refractivity contribution in [2.24, 2.45) is 0 Å². The molecule has 4 aromatic rings. The largest absolute Gasteiger partial charge is 0.348 e. The molecule has 4 aromatic carbocycles. The maximum Gasteiger partial charge on any atom is 0.251 e. The van der Waals surface area contributed by atoms with Crippen LogP contribution in [0.4, 0.5) is 0 Å². The van der Waals surface area contributed by atoms with Crippen LogP contribution in [0, 0.1) is 6.92 Å². The van der Waals surface area contributed by atoms with Gasteiger partial charge in [0.15, 0.2) is 0 Å². The first-order valence-electron chi connectivity index (χ1n) is 9.72. The number of nitrogens with one attached hydrogen (secondary N) is 1. The van der Waals surface area contributed by atoms with Gasteiger partial charge >= 0.3 is 0 Å². The summed E-state index contributed by atoms with van der Waals surface area (Å²) in [5.74, 6) is 0.844. The number of rotatable bonds is 6. The fourth-order valence-corrected chi connectivity index (χ4v) is 4.13. The molecule has 0 unspecified atom stereocenters. The summed E-state index contributed by atoms with van der Waals surface area (Å²) < 4.78 is 0. The zero-order valence-corrected chi connectivity index (χ0v) is 17.2. The van der Waals surface area contributed by atoms with E-state index in [2.05, 4.69) is 60.8 Å². The topological polar surface area (TPSA) is 29.1 Å². The predicted octanol–water partition coefficient (Wildman–Crippen LogP) is 6.37. The van der Waals surface area contributed by atoms with E-state index < -0.39 is 0 Å². The van der Waals surface area contributed by atoms with Crippen molar-refractivity contribution in [1.29, 1.82) is 0 Å². The van der Waals surface area contributed by atoms with E-state index in [-0.39, 0.29) is 5.91 Å². The second-order valence-electron chi connectivity index (χ2n) is 7.12. The van der Waals surface area contributed by atoms with E-state index in [1.807, 2.05) is 42.5 Å². The lowest BCUT2D eigenvalue weighted by atomic mass is 10.0. The molecule has 0 heterocycles. The van der Waals surface area contributed by atoms with Crippen LogP contribution in [0.15, 0.2) is 95.9 Å². The lowest BCUT2D eigenvalue weighted by Crippen LogP contribution is -2.22. The highest BCUT2D eigenvalue weighted by atomic mass is 32.2. The molecule has 29 heavy (non-hydrogen) atoms. The minimum Gasteiger partial charge on any atom is -0.348 e. The number of hydrogen-bond acceptors (Lipinski definition) is 2. The first-order chi connectivity index (χ1) is 14.2. The third kappa shape index (κ3) is 4.87. The first-order valence-corrected chi connectivity index (χ1v) is 10.7. The molecule has 1 amide bonds. The second-order valence-corrected chi connectivity index (χ2v) is 8.17. The summed E-state index contributed by atoms with van der Waals surface area (Å²) in [6.45, 7) is 2.61. The van der Waals surface area contributed by atoms with E-state index in [1.54, 1.807) is 11.8 Å². The van der Waals surface area contributed by atoms with Crippen molar-refractivity contribution in [1.82, 2.24) is 5.32 Å². The Balaban J connectivity index is 1.36. The van der Waals surface area contributed by atoms with Crippen LogP contribution in [0.25, 0.3) is 10.8 Å². The van der Waals surface area contributed by atoms with Crippen LogP contribution in [0.3, 0.4) is 0 Å². The Morgan fingerprint density at radius 1 is 0.828 bits per heavy atom. The van der Waals surface area contributed by atoms with Crippen LogP contribution < -0.4 is 5.32 Å². The van der Waals surface area contributed by atoms with Gasteiger partial charge < -0.3 is 5.32 Å². The van der Waals surface area contributed by atoms with E-state index in [9.17, 15) is 4.79 Å². The van der Waals surface area contributed by atoms with Gasteiger partial charge in [0, 0.05) is 22.8 Å². The molecule has 0 saturated carbocycles. The maximum absolute atomic E-state index is 12.6. The van der Waals surface area contributed by atoms with Gasteiger partial charge in [0.1, 0.15) is 0 Å². The van der Waals surface area contributed by atoms with Crippen LogP contribution >= 0.6 is 11.8 Å². The van der Waals surface area contributed by atoms with E-state index in [0.717, 1.165) is 11.3 Å². The van der Waals surface area contributed by atoms with E-state index in [4.69, 9.17) is 0 Å². The Morgan fingerprint density at radius 2 is 1.55 bits per heavy atom. The number of hydrogen-bond donors (Lipinski definition) is 1. The number of fused-ring (bicyclic) bond motifs is 1. The summed E-state index contributed by atoms with van der Waals surface area (Å²) in [5.41, 5.74) is 4.30. The van der Waals surface area contributed by atoms with Crippen LogP contribution in [0.5, 0.6) is 0 Å². The Labute approximate surface area is 176 Å². The van der Waals surface area contributed by atoms with Crippen LogP contribution in [0.2, 0.25) is 0 Å². The number of carbonyl (C=O) groups excluding carboxylic acids is 1. The minimum absolute atomic E-state index is 0.0457. The number of thioether (sulfide) groups is 1. The monoisotopic (exact) mass is 397 g/mol. The molecule has 0 radical (unpaired) electrons. The molecule has 2 nitrogen and oxygen atoms in total. The molecule has 0 aromatic heterocycles. The fourth-order valence-electron chi connectivity index (χ4n) is 3.28. The Bertz CT molecular complexity index is 1110. The molecule has 1 N–H and O–H groups in total. The summed E-state index contributed by atoms with van der Waals surface area (Å²) in [5, 5.41) is 5.41. The molecular formula is C26H23NOS. The van der Waals surface area contributed by atoms with Gasteiger partial charge in [-0.15, -0.1) is 11.8 Å². The average molecular weight is 398 g/mol. The SMILES string of the molecule is Cc1ccc(SCc2ccc(C(=O)NCc3cccc4ccccc34)cc2)cc1. The summed E-state index contributed by atoms with van der Waals surface area (Å²) in [6, 6.07) is 30.9. The standard InChI is InChI=1S/C26H23NOS/c1-19-9-15-24(16-10-19)29-18-20-11-13-22(14-12-20)26(28)27-17-23-7-4-6-21-5-2-3-8-25(21)23/h2-16H,17-18H2,1H3,(H,27,28). The van der Waals surface area contributed by atoms with E-state index >= 15 is 0 Å². The molecule has 0 fully saturated rings. The number of benzene rings is 4. The zero-order chi connectivity index (χ0) is 20.1. The molecule has 4 rings (SSSR count). The average Bonchev–Trinajstić information content (AvgIpc) is 2.77. The van der Waals surface area contributed by atoms with Crippen molar-refractivity contribution in [2.75, 3.05) is 0 Å². The van der Waals surface area contributed by atoms with Gasteiger partial charge in [0.2, 0.25) is 0 Å². The van der Waals surface area contributed by atoms with Gasteiger partial charge in [-0.2, -0.15) is 0 Å². The summed E-state index contributed by atoms with van der Waals surface area (Å²) in [7, 11) is 0. The van der Waals surface area contributed by atoms with Crippen LogP contribution in [-0.2, 0) is 12.3 Å². The maximum atomic E-state index is 12.6. The summed E-state index contributed by atoms with van der Waals surface area (Å²) in [6.07, 6.45) is 0. The zero-order valence-electron chi connectivity index (χ0n) is 16.4. The van der Waals surface area contributed by atoms with Gasteiger partial charge in [-0.25, -0.2) is 0 Å². The highest BCUT2D eigenvalue weighted by Crippen LogP contribution is 2.23. The molecule has 0 spiro atoms. The molecule has 0 aliphatic rings. The molecule has 0 bridgehead atoms. The Hall–Kier alpha value is -3.04. The fraction of sp³-hybridized carbons (Fsp3) is 0.115. The normalized spacial score (nSPS) is 10.8. The van der Waals surface area contributed by atoms with E-state index in [0.29, 0.717) is 12.1 Å². The third-order valence-electron chi connectivity index (χ3n) is 4.96. The van der Waals surface area contributed by atoms with Crippen LogP contribution in [-0.4, -0.2) is 5.91 Å². The molecule has 0 aliphatic heterocycles. The molecule has 0 aliphatic carbocycles. The molecule has 144 valence electrons. The molecule has 0 saturated heterocycles. The Kier molecular flexibility index (Phi) is 5.97. The predicted molar refractivity (Wildman–Crippen MR) is 122 cm³/mol. The molecular weight excluding hydrogens is 374 g/mol. The minimum atomic E-state index is -0.0457. The van der Waals surface area contributed by atoms with E-state index in [1.165, 1.54) is 26.8 Å². The number of amides is 1. The summed E-state index contributed by atoms with van der Waals surface area (Å²) >= 11 is 1.80. The van der Waals surface area contributed by atoms with Gasteiger partial charge in [-0.1, -0.05) is 72.3 Å². The van der Waals surface area contributed by atoms with Crippen molar-refractivity contribution in [3.63, 3.8) is 0 Å². The van der Waals surface area contributed by atoms with Crippen molar-refractivity contribution < 1.29 is 4.79 Å². The third-order valence-corrected chi connectivity index (χ3v) is 6.05. The number of aryl methyl sites for hydroxylation is 1. The van der Waals surface area contributed by atoms with Crippen molar-refractivity contribution in [3.8, 4) is 0 Å². The van der Waals surface area contributed by atoms with Crippen molar-refractivity contribution in [2.45, 2.75) is 24.1 Å². The van der Waals surface area contributed by atoms with Crippen molar-refractivity contribution >= 4 is 28.4 Å². The number of carbonyl (C=O) groups is 1. The van der Waals surface area contributed by atoms with Gasteiger partial charge in [-0.05, 0) is 53.1 Å². The lowest BCUT2D eigenvalue weighted by Gasteiger charge is -2.09. The Morgan fingerprint density at radius 3 is 2.34 bits per heavy atom. The molecule has 3 heteroatoms. The van der Waals surface area contributed by atoms with Gasteiger partial charge in [0.05, 0.1) is 0 Å². The smallest absolute Gasteiger partial charge is 0.251 e. The lowest BCUT2D eigenvalue weighted by molar-refractivity contribution is 0.0951. The van der Waals surface area contributed by atoms with Gasteiger partial charge in [0.25, 0.3) is 5.91 Å². The molecule has 0 atom stereocenters. The van der Waals surface area contributed by atoms with Crippen molar-refractivity contribution in [3.05, 3.63) is 113 Å².